The zero-order valence-electron chi connectivity index (χ0n) is 13.7. The third-order valence-corrected chi connectivity index (χ3v) is 4.17. The van der Waals surface area contributed by atoms with E-state index in [9.17, 15) is 9.18 Å². The number of benzene rings is 1. The summed E-state index contributed by atoms with van der Waals surface area (Å²) in [7, 11) is 1.32. The van der Waals surface area contributed by atoms with Crippen molar-refractivity contribution in [1.82, 2.24) is 10.6 Å². The van der Waals surface area contributed by atoms with Gasteiger partial charge in [0.2, 0.25) is 0 Å². The molecule has 0 aromatic heterocycles. The lowest BCUT2D eigenvalue weighted by atomic mass is 9.87. The Bertz CT molecular complexity index is 519. The number of carbonyl (C=O) groups is 1. The molecule has 23 heavy (non-hydrogen) atoms. The number of nitrogens with one attached hydrogen (secondary N) is 2. The van der Waals surface area contributed by atoms with E-state index in [1.807, 2.05) is 6.92 Å². The minimum absolute atomic E-state index is 0.182. The number of alkyl carbamates (subject to hydrolysis) is 1. The second kappa shape index (κ2) is 8.84. The molecule has 6 heteroatoms. The highest BCUT2D eigenvalue weighted by Crippen LogP contribution is 2.32. The van der Waals surface area contributed by atoms with Crippen LogP contribution in [0, 0.1) is 18.7 Å². The van der Waals surface area contributed by atoms with Gasteiger partial charge in [-0.2, -0.15) is 0 Å². The zero-order chi connectivity index (χ0) is 16.7. The van der Waals surface area contributed by atoms with Crippen LogP contribution in [0.4, 0.5) is 9.18 Å². The summed E-state index contributed by atoms with van der Waals surface area (Å²) in [6, 6.07) is 4.81. The molecule has 1 amide bonds. The summed E-state index contributed by atoms with van der Waals surface area (Å²) in [6.07, 6.45) is 1.46. The molecule has 2 atom stereocenters. The van der Waals surface area contributed by atoms with E-state index in [1.165, 1.54) is 13.2 Å². The maximum atomic E-state index is 13.7. The van der Waals surface area contributed by atoms with Gasteiger partial charge in [0.15, 0.2) is 0 Å². The van der Waals surface area contributed by atoms with Crippen LogP contribution in [0.5, 0.6) is 0 Å². The third kappa shape index (κ3) is 5.18. The maximum absolute atomic E-state index is 13.7. The molecular formula is C17H25FN2O3. The van der Waals surface area contributed by atoms with Crippen LogP contribution in [-0.2, 0) is 9.47 Å². The molecule has 0 bridgehead atoms. The second-order valence-corrected chi connectivity index (χ2v) is 5.82. The smallest absolute Gasteiger partial charge is 0.406 e. The lowest BCUT2D eigenvalue weighted by Crippen LogP contribution is -2.35. The molecule has 1 aromatic rings. The first-order valence-corrected chi connectivity index (χ1v) is 8.02. The largest absolute Gasteiger partial charge is 0.453 e. The molecule has 1 saturated heterocycles. The summed E-state index contributed by atoms with van der Waals surface area (Å²) in [5.41, 5.74) is 1.90. The lowest BCUT2D eigenvalue weighted by Gasteiger charge is -2.32. The molecule has 1 aromatic carbocycles. The molecule has 1 aliphatic heterocycles. The number of halogens is 1. The van der Waals surface area contributed by atoms with Gasteiger partial charge in [0, 0.05) is 19.0 Å². The monoisotopic (exact) mass is 324 g/mol. The molecule has 0 spiro atoms. The molecule has 0 saturated carbocycles. The van der Waals surface area contributed by atoms with Crippen LogP contribution in [-0.4, -0.2) is 39.4 Å². The normalized spacial score (nSPS) is 19.2. The molecule has 0 radical (unpaired) electrons. The Hall–Kier alpha value is -1.66. The first-order chi connectivity index (χ1) is 11.1. The Labute approximate surface area is 136 Å². The SMILES string of the molecule is COC(=O)NCCOC(c1cc(F)ccc1C)[C@@H]1CCCNC1. The highest BCUT2D eigenvalue weighted by molar-refractivity contribution is 5.66. The van der Waals surface area contributed by atoms with Crippen LogP contribution in [0.15, 0.2) is 18.2 Å². The molecule has 1 unspecified atom stereocenters. The van der Waals surface area contributed by atoms with Gasteiger partial charge in [-0.15, -0.1) is 0 Å². The van der Waals surface area contributed by atoms with Crippen LogP contribution in [0.3, 0.4) is 0 Å². The minimum Gasteiger partial charge on any atom is -0.453 e. The van der Waals surface area contributed by atoms with Crippen molar-refractivity contribution in [2.45, 2.75) is 25.9 Å². The van der Waals surface area contributed by atoms with Crippen LogP contribution in [0.1, 0.15) is 30.1 Å². The molecular weight excluding hydrogens is 299 g/mol. The molecule has 0 aliphatic carbocycles. The zero-order valence-corrected chi connectivity index (χ0v) is 13.7. The Morgan fingerprint density at radius 2 is 2.35 bits per heavy atom. The fraction of sp³-hybridized carbons (Fsp3) is 0.588. The van der Waals surface area contributed by atoms with E-state index in [0.717, 1.165) is 37.1 Å². The number of hydrogen-bond acceptors (Lipinski definition) is 4. The molecule has 128 valence electrons. The van der Waals surface area contributed by atoms with Crippen LogP contribution >= 0.6 is 0 Å². The highest BCUT2D eigenvalue weighted by Gasteiger charge is 2.27. The minimum atomic E-state index is -0.480. The molecule has 2 N–H and O–H groups in total. The topological polar surface area (TPSA) is 59.6 Å². The van der Waals surface area contributed by atoms with Gasteiger partial charge in [-0.1, -0.05) is 6.07 Å². The summed E-state index contributed by atoms with van der Waals surface area (Å²) in [4.78, 5) is 11.1. The van der Waals surface area contributed by atoms with Crippen molar-refractivity contribution in [3.63, 3.8) is 0 Å². The number of aryl methyl sites for hydroxylation is 1. The second-order valence-electron chi connectivity index (χ2n) is 5.82. The van der Waals surface area contributed by atoms with Crippen molar-refractivity contribution in [2.24, 2.45) is 5.92 Å². The maximum Gasteiger partial charge on any atom is 0.406 e. The number of amides is 1. The number of rotatable bonds is 6. The van der Waals surface area contributed by atoms with E-state index in [-0.39, 0.29) is 11.9 Å². The van der Waals surface area contributed by atoms with Crippen LogP contribution in [0.2, 0.25) is 0 Å². The average Bonchev–Trinajstić information content (AvgIpc) is 2.58. The summed E-state index contributed by atoms with van der Waals surface area (Å²) >= 11 is 0. The lowest BCUT2D eigenvalue weighted by molar-refractivity contribution is 0.00419. The fourth-order valence-electron chi connectivity index (χ4n) is 2.95. The van der Waals surface area contributed by atoms with Gasteiger partial charge in [-0.25, -0.2) is 9.18 Å². The predicted molar refractivity (Wildman–Crippen MR) is 85.8 cm³/mol. The molecule has 5 nitrogen and oxygen atoms in total. The van der Waals surface area contributed by atoms with Crippen molar-refractivity contribution >= 4 is 6.09 Å². The van der Waals surface area contributed by atoms with Gasteiger partial charge in [0.25, 0.3) is 0 Å². The number of piperidine rings is 1. The number of ether oxygens (including phenoxy) is 2. The van der Waals surface area contributed by atoms with Gasteiger partial charge in [0.05, 0.1) is 19.8 Å². The Morgan fingerprint density at radius 1 is 1.52 bits per heavy atom. The van der Waals surface area contributed by atoms with E-state index < -0.39 is 6.09 Å². The van der Waals surface area contributed by atoms with Crippen molar-refractivity contribution in [3.8, 4) is 0 Å². The summed E-state index contributed by atoms with van der Waals surface area (Å²) in [5, 5.41) is 5.97. The van der Waals surface area contributed by atoms with E-state index in [0.29, 0.717) is 19.1 Å². The molecule has 1 aliphatic rings. The van der Waals surface area contributed by atoms with Crippen LogP contribution in [0.25, 0.3) is 0 Å². The first kappa shape index (κ1) is 17.7. The molecule has 2 rings (SSSR count). The number of hydrogen-bond donors (Lipinski definition) is 2. The Balaban J connectivity index is 2.05. The van der Waals surface area contributed by atoms with Gasteiger partial charge >= 0.3 is 6.09 Å². The standard InChI is InChI=1S/C17H25FN2O3/c1-12-5-6-14(18)10-15(12)16(13-4-3-7-19-11-13)23-9-8-20-17(21)22-2/h5-6,10,13,16,19H,3-4,7-9,11H2,1-2H3,(H,20,21)/t13-,16?/m1/s1. The van der Waals surface area contributed by atoms with E-state index >= 15 is 0 Å². The highest BCUT2D eigenvalue weighted by atomic mass is 19.1. The van der Waals surface area contributed by atoms with E-state index in [1.54, 1.807) is 12.1 Å². The number of carbonyl (C=O) groups excluding carboxylic acids is 1. The summed E-state index contributed by atoms with van der Waals surface area (Å²) in [5.74, 6) is 0.0398. The van der Waals surface area contributed by atoms with Crippen molar-refractivity contribution in [2.75, 3.05) is 33.4 Å². The quantitative estimate of drug-likeness (QED) is 0.790. The first-order valence-electron chi connectivity index (χ1n) is 8.02. The number of methoxy groups -OCH3 is 1. The van der Waals surface area contributed by atoms with Crippen LogP contribution < -0.4 is 10.6 Å². The molecule has 1 heterocycles. The fourth-order valence-corrected chi connectivity index (χ4v) is 2.95. The van der Waals surface area contributed by atoms with Gasteiger partial charge in [0.1, 0.15) is 5.82 Å². The van der Waals surface area contributed by atoms with Crippen molar-refractivity contribution < 1.29 is 18.7 Å². The third-order valence-electron chi connectivity index (χ3n) is 4.17. The van der Waals surface area contributed by atoms with Crippen molar-refractivity contribution in [1.29, 1.82) is 0 Å². The van der Waals surface area contributed by atoms with Crippen molar-refractivity contribution in [3.05, 3.63) is 35.1 Å². The predicted octanol–water partition coefficient (Wildman–Crippen LogP) is 2.55. The Kier molecular flexibility index (Phi) is 6.80. The van der Waals surface area contributed by atoms with Gasteiger partial charge < -0.3 is 20.1 Å². The summed E-state index contributed by atoms with van der Waals surface area (Å²) < 4.78 is 24.2. The van der Waals surface area contributed by atoms with E-state index in [2.05, 4.69) is 15.4 Å². The van der Waals surface area contributed by atoms with Gasteiger partial charge in [-0.05, 0) is 49.6 Å². The van der Waals surface area contributed by atoms with E-state index in [4.69, 9.17) is 4.74 Å². The summed E-state index contributed by atoms with van der Waals surface area (Å²) in [6.45, 7) is 4.54. The Morgan fingerprint density at radius 3 is 3.04 bits per heavy atom. The average molecular weight is 324 g/mol. The molecule has 1 fully saturated rings. The van der Waals surface area contributed by atoms with Gasteiger partial charge in [-0.3, -0.25) is 0 Å².